The zero-order valence-corrected chi connectivity index (χ0v) is 7.51. The van der Waals surface area contributed by atoms with Gasteiger partial charge in [0.05, 0.1) is 0 Å². The number of alkyl halides is 1. The average Bonchev–Trinajstić information content (AvgIpc) is 2.47. The maximum atomic E-state index is 5.66. The minimum Gasteiger partial charge on any atom is -0.126 e. The van der Waals surface area contributed by atoms with Gasteiger partial charge in [-0.2, -0.15) is 0 Å². The molecule has 0 saturated heterocycles. The third kappa shape index (κ3) is 1.39. The molecular formula is C11H10Cl. The van der Waals surface area contributed by atoms with Gasteiger partial charge >= 0.3 is 0 Å². The highest BCUT2D eigenvalue weighted by Crippen LogP contribution is 2.28. The third-order valence-corrected chi connectivity index (χ3v) is 2.25. The normalized spacial score (nSPS) is 14.2. The van der Waals surface area contributed by atoms with Crippen LogP contribution in [-0.4, -0.2) is 5.88 Å². The minimum absolute atomic E-state index is 0.705. The molecule has 0 heterocycles. The van der Waals surface area contributed by atoms with Crippen LogP contribution >= 0.6 is 11.6 Å². The summed E-state index contributed by atoms with van der Waals surface area (Å²) in [5.41, 5.74) is 3.97. The molecule has 0 spiro atoms. The zero-order chi connectivity index (χ0) is 8.39. The van der Waals surface area contributed by atoms with Crippen molar-refractivity contribution >= 4 is 17.7 Å². The molecule has 0 N–H and O–H groups in total. The van der Waals surface area contributed by atoms with Gasteiger partial charge in [0.2, 0.25) is 0 Å². The summed E-state index contributed by atoms with van der Waals surface area (Å²) < 4.78 is 0. The smallest absolute Gasteiger partial charge is 0.0261 e. The SMILES string of the molecule is ClCCC1=Cc2ccccc2[CH]1. The fraction of sp³-hybridized carbons (Fsp3) is 0.182. The molecule has 61 valence electrons. The molecule has 1 aliphatic rings. The molecule has 12 heavy (non-hydrogen) atoms. The van der Waals surface area contributed by atoms with Crippen molar-refractivity contribution in [1.29, 1.82) is 0 Å². The first-order valence-electron chi connectivity index (χ1n) is 4.10. The summed E-state index contributed by atoms with van der Waals surface area (Å²) in [5.74, 6) is 0.705. The largest absolute Gasteiger partial charge is 0.126 e. The van der Waals surface area contributed by atoms with Gasteiger partial charge in [-0.15, -0.1) is 11.6 Å². The summed E-state index contributed by atoms with van der Waals surface area (Å²) in [6.07, 6.45) is 5.38. The Labute approximate surface area is 77.9 Å². The molecule has 0 fully saturated rings. The van der Waals surface area contributed by atoms with E-state index in [1.165, 1.54) is 16.7 Å². The molecule has 1 radical (unpaired) electrons. The van der Waals surface area contributed by atoms with Gasteiger partial charge in [-0.3, -0.25) is 0 Å². The number of rotatable bonds is 2. The first kappa shape index (κ1) is 7.88. The quantitative estimate of drug-likeness (QED) is 0.609. The van der Waals surface area contributed by atoms with E-state index in [2.05, 4.69) is 36.8 Å². The van der Waals surface area contributed by atoms with Crippen LogP contribution in [0.2, 0.25) is 0 Å². The molecule has 1 heteroatoms. The average molecular weight is 178 g/mol. The highest BCUT2D eigenvalue weighted by molar-refractivity contribution is 6.18. The van der Waals surface area contributed by atoms with Crippen LogP contribution in [-0.2, 0) is 0 Å². The van der Waals surface area contributed by atoms with Crippen LogP contribution in [0.1, 0.15) is 17.5 Å². The summed E-state index contributed by atoms with van der Waals surface area (Å²) in [5, 5.41) is 0. The molecule has 1 aromatic carbocycles. The van der Waals surface area contributed by atoms with E-state index < -0.39 is 0 Å². The molecule has 0 unspecified atom stereocenters. The second-order valence-corrected chi connectivity index (χ2v) is 3.31. The number of hydrogen-bond acceptors (Lipinski definition) is 0. The van der Waals surface area contributed by atoms with Gasteiger partial charge in [-0.25, -0.2) is 0 Å². The Morgan fingerprint density at radius 2 is 1.83 bits per heavy atom. The molecule has 0 amide bonds. The predicted molar refractivity (Wildman–Crippen MR) is 53.2 cm³/mol. The maximum absolute atomic E-state index is 5.66. The molecule has 1 aliphatic carbocycles. The van der Waals surface area contributed by atoms with Gasteiger partial charge in [0.1, 0.15) is 0 Å². The summed E-state index contributed by atoms with van der Waals surface area (Å²) in [6.45, 7) is 0. The van der Waals surface area contributed by atoms with E-state index in [1.807, 2.05) is 0 Å². The number of hydrogen-bond donors (Lipinski definition) is 0. The Bertz CT molecular complexity index is 313. The van der Waals surface area contributed by atoms with E-state index in [-0.39, 0.29) is 0 Å². The number of allylic oxidation sites excluding steroid dienone is 1. The lowest BCUT2D eigenvalue weighted by Crippen LogP contribution is -1.82. The van der Waals surface area contributed by atoms with Crippen molar-refractivity contribution in [3.8, 4) is 0 Å². The van der Waals surface area contributed by atoms with E-state index in [1.54, 1.807) is 0 Å². The molecule has 1 aromatic rings. The van der Waals surface area contributed by atoms with E-state index in [0.717, 1.165) is 6.42 Å². The topological polar surface area (TPSA) is 0 Å². The van der Waals surface area contributed by atoms with E-state index >= 15 is 0 Å². The third-order valence-electron chi connectivity index (χ3n) is 2.06. The number of halogens is 1. The fourth-order valence-electron chi connectivity index (χ4n) is 1.47. The lowest BCUT2D eigenvalue weighted by molar-refractivity contribution is 1.15. The van der Waals surface area contributed by atoms with Crippen molar-refractivity contribution < 1.29 is 0 Å². The van der Waals surface area contributed by atoms with E-state index in [4.69, 9.17) is 11.6 Å². The van der Waals surface area contributed by atoms with E-state index in [0.29, 0.717) is 5.88 Å². The molecule has 0 aliphatic heterocycles. The van der Waals surface area contributed by atoms with Crippen LogP contribution in [0.3, 0.4) is 0 Å². The first-order chi connectivity index (χ1) is 5.90. The summed E-state index contributed by atoms with van der Waals surface area (Å²) >= 11 is 5.66. The number of benzene rings is 1. The van der Waals surface area contributed by atoms with Crippen molar-refractivity contribution in [2.45, 2.75) is 6.42 Å². The summed E-state index contributed by atoms with van der Waals surface area (Å²) in [7, 11) is 0. The standard InChI is InChI=1S/C11H10Cl/c12-6-5-9-7-10-3-1-2-4-11(10)8-9/h1-4,7-8H,5-6H2. The Morgan fingerprint density at radius 3 is 2.50 bits per heavy atom. The minimum atomic E-state index is 0.705. The van der Waals surface area contributed by atoms with Crippen LogP contribution < -0.4 is 0 Å². The Balaban J connectivity index is 2.23. The fourth-order valence-corrected chi connectivity index (χ4v) is 1.69. The van der Waals surface area contributed by atoms with Gasteiger partial charge < -0.3 is 0 Å². The van der Waals surface area contributed by atoms with Crippen molar-refractivity contribution in [1.82, 2.24) is 0 Å². The van der Waals surface area contributed by atoms with Crippen molar-refractivity contribution in [2.75, 3.05) is 5.88 Å². The number of fused-ring (bicyclic) bond motifs is 1. The summed E-state index contributed by atoms with van der Waals surface area (Å²) in [4.78, 5) is 0. The summed E-state index contributed by atoms with van der Waals surface area (Å²) in [6, 6.07) is 8.39. The highest BCUT2D eigenvalue weighted by atomic mass is 35.5. The second-order valence-electron chi connectivity index (χ2n) is 2.93. The predicted octanol–water partition coefficient (Wildman–Crippen LogP) is 3.26. The molecule has 2 rings (SSSR count). The highest BCUT2D eigenvalue weighted by Gasteiger charge is 2.10. The maximum Gasteiger partial charge on any atom is 0.0261 e. The van der Waals surface area contributed by atoms with Crippen LogP contribution in [0, 0.1) is 6.42 Å². The molecular weight excluding hydrogens is 168 g/mol. The van der Waals surface area contributed by atoms with Crippen LogP contribution in [0.5, 0.6) is 0 Å². The molecule has 0 nitrogen and oxygen atoms in total. The van der Waals surface area contributed by atoms with E-state index in [9.17, 15) is 0 Å². The van der Waals surface area contributed by atoms with Crippen LogP contribution in [0.15, 0.2) is 29.8 Å². The Morgan fingerprint density at radius 1 is 1.08 bits per heavy atom. The first-order valence-corrected chi connectivity index (χ1v) is 4.64. The second kappa shape index (κ2) is 3.32. The van der Waals surface area contributed by atoms with Crippen molar-refractivity contribution in [3.05, 3.63) is 47.4 Å². The molecule has 0 saturated carbocycles. The van der Waals surface area contributed by atoms with Gasteiger partial charge in [0.15, 0.2) is 0 Å². The van der Waals surface area contributed by atoms with Gasteiger partial charge in [-0.1, -0.05) is 35.9 Å². The van der Waals surface area contributed by atoms with Gasteiger partial charge in [-0.05, 0) is 17.5 Å². The van der Waals surface area contributed by atoms with Crippen molar-refractivity contribution in [2.24, 2.45) is 0 Å². The lowest BCUT2D eigenvalue weighted by Gasteiger charge is -1.96. The Hall–Kier alpha value is -0.750. The molecule has 0 bridgehead atoms. The monoisotopic (exact) mass is 177 g/mol. The van der Waals surface area contributed by atoms with Crippen molar-refractivity contribution in [3.63, 3.8) is 0 Å². The molecule has 0 atom stereocenters. The van der Waals surface area contributed by atoms with Crippen LogP contribution in [0.4, 0.5) is 0 Å². The van der Waals surface area contributed by atoms with Gasteiger partial charge in [0, 0.05) is 12.3 Å². The Kier molecular flexibility index (Phi) is 2.18. The molecule has 0 aromatic heterocycles. The lowest BCUT2D eigenvalue weighted by atomic mass is 10.1. The van der Waals surface area contributed by atoms with Crippen LogP contribution in [0.25, 0.3) is 6.08 Å². The van der Waals surface area contributed by atoms with Gasteiger partial charge in [0.25, 0.3) is 0 Å². The zero-order valence-electron chi connectivity index (χ0n) is 6.76.